The first kappa shape index (κ1) is 13.2. The molecule has 1 aromatic rings. The Morgan fingerprint density at radius 3 is 2.56 bits per heavy atom. The van der Waals surface area contributed by atoms with Gasteiger partial charge in [-0.3, -0.25) is 0 Å². The van der Waals surface area contributed by atoms with Crippen LogP contribution in [0.1, 0.15) is 38.1 Å². The van der Waals surface area contributed by atoms with Crippen molar-refractivity contribution >= 4 is 17.5 Å². The summed E-state index contributed by atoms with van der Waals surface area (Å²) >= 11 is 5.77. The Bertz CT molecular complexity index is 339. The van der Waals surface area contributed by atoms with E-state index in [9.17, 15) is 0 Å². The van der Waals surface area contributed by atoms with Crippen LogP contribution < -0.4 is 4.90 Å². The molecule has 16 heavy (non-hydrogen) atoms. The van der Waals surface area contributed by atoms with Crippen molar-refractivity contribution in [1.29, 1.82) is 0 Å². The number of hydrogen-bond donors (Lipinski definition) is 0. The van der Waals surface area contributed by atoms with E-state index >= 15 is 0 Å². The largest absolute Gasteiger partial charge is 0.340 e. The number of halogens is 1. The lowest BCUT2D eigenvalue weighted by Gasteiger charge is -2.21. The van der Waals surface area contributed by atoms with Gasteiger partial charge in [0.15, 0.2) is 0 Å². The maximum Gasteiger partial charge on any atom is 0.225 e. The van der Waals surface area contributed by atoms with Gasteiger partial charge in [0.2, 0.25) is 5.95 Å². The summed E-state index contributed by atoms with van der Waals surface area (Å²) in [4.78, 5) is 11.1. The first-order valence-electron chi connectivity index (χ1n) is 5.75. The molecule has 1 rings (SSSR count). The maximum absolute atomic E-state index is 5.77. The smallest absolute Gasteiger partial charge is 0.225 e. The summed E-state index contributed by atoms with van der Waals surface area (Å²) < 4.78 is 0. The number of anilines is 1. The van der Waals surface area contributed by atoms with Gasteiger partial charge in [-0.2, -0.15) is 0 Å². The number of rotatable bonds is 5. The molecule has 0 radical (unpaired) electrons. The van der Waals surface area contributed by atoms with Gasteiger partial charge in [0, 0.05) is 30.4 Å². The Morgan fingerprint density at radius 1 is 1.38 bits per heavy atom. The van der Waals surface area contributed by atoms with E-state index in [4.69, 9.17) is 11.6 Å². The van der Waals surface area contributed by atoms with Gasteiger partial charge in [-0.1, -0.05) is 13.8 Å². The van der Waals surface area contributed by atoms with Crippen LogP contribution in [-0.2, 0) is 0 Å². The molecule has 0 fully saturated rings. The molecule has 4 heteroatoms. The third-order valence-corrected chi connectivity index (χ3v) is 2.64. The molecule has 0 N–H and O–H groups in total. The van der Waals surface area contributed by atoms with Crippen molar-refractivity contribution in [3.8, 4) is 0 Å². The van der Waals surface area contributed by atoms with Crippen LogP contribution in [0.3, 0.4) is 0 Å². The molecule has 1 aromatic heterocycles. The quantitative estimate of drug-likeness (QED) is 0.743. The highest BCUT2D eigenvalue weighted by Crippen LogP contribution is 2.16. The molecule has 0 unspecified atom stereocenters. The summed E-state index contributed by atoms with van der Waals surface area (Å²) in [6, 6.07) is 2.04. The van der Waals surface area contributed by atoms with Crippen LogP contribution in [0.2, 0.25) is 0 Å². The Balaban J connectivity index is 3.02. The maximum atomic E-state index is 5.77. The summed E-state index contributed by atoms with van der Waals surface area (Å²) in [7, 11) is 0. The summed E-state index contributed by atoms with van der Waals surface area (Å²) in [6.07, 6.45) is 0. The van der Waals surface area contributed by atoms with Crippen molar-refractivity contribution < 1.29 is 0 Å². The van der Waals surface area contributed by atoms with Gasteiger partial charge in [-0.05, 0) is 25.8 Å². The van der Waals surface area contributed by atoms with E-state index in [-0.39, 0.29) is 0 Å². The summed E-state index contributed by atoms with van der Waals surface area (Å²) in [6.45, 7) is 10.1. The molecule has 0 aromatic carbocycles. The van der Waals surface area contributed by atoms with Crippen LogP contribution in [0.25, 0.3) is 0 Å². The van der Waals surface area contributed by atoms with Crippen LogP contribution >= 0.6 is 11.6 Å². The van der Waals surface area contributed by atoms with E-state index in [0.717, 1.165) is 30.4 Å². The molecule has 1 heterocycles. The second-order valence-electron chi connectivity index (χ2n) is 4.16. The van der Waals surface area contributed by atoms with Crippen molar-refractivity contribution in [3.05, 3.63) is 17.5 Å². The molecule has 0 saturated carbocycles. The van der Waals surface area contributed by atoms with Crippen LogP contribution in [0.4, 0.5) is 5.95 Å². The molecule has 0 saturated heterocycles. The predicted molar refractivity (Wildman–Crippen MR) is 69.5 cm³/mol. The molecule has 0 aliphatic heterocycles. The van der Waals surface area contributed by atoms with Crippen molar-refractivity contribution in [1.82, 2.24) is 9.97 Å². The number of nitrogens with zero attached hydrogens (tertiary/aromatic N) is 3. The van der Waals surface area contributed by atoms with E-state index < -0.39 is 0 Å². The highest BCUT2D eigenvalue weighted by atomic mass is 35.5. The van der Waals surface area contributed by atoms with Crippen LogP contribution in [0.5, 0.6) is 0 Å². The lowest BCUT2D eigenvalue weighted by Crippen LogP contribution is -2.27. The number of aromatic nitrogens is 2. The van der Waals surface area contributed by atoms with E-state index in [0.29, 0.717) is 11.8 Å². The first-order valence-corrected chi connectivity index (χ1v) is 6.28. The minimum absolute atomic E-state index is 0.426. The van der Waals surface area contributed by atoms with Gasteiger partial charge in [-0.15, -0.1) is 11.6 Å². The number of hydrogen-bond acceptors (Lipinski definition) is 3. The monoisotopic (exact) mass is 241 g/mol. The second kappa shape index (κ2) is 6.04. The van der Waals surface area contributed by atoms with E-state index in [2.05, 4.69) is 35.6 Å². The lowest BCUT2D eigenvalue weighted by molar-refractivity contribution is 0.769. The Hall–Kier alpha value is -0.830. The summed E-state index contributed by atoms with van der Waals surface area (Å²) in [5.41, 5.74) is 2.11. The van der Waals surface area contributed by atoms with Gasteiger partial charge >= 0.3 is 0 Å². The fraction of sp³-hybridized carbons (Fsp3) is 0.667. The van der Waals surface area contributed by atoms with Gasteiger partial charge in [0.05, 0.1) is 0 Å². The van der Waals surface area contributed by atoms with Crippen molar-refractivity contribution in [2.75, 3.05) is 23.9 Å². The molecule has 0 aliphatic carbocycles. The summed E-state index contributed by atoms with van der Waals surface area (Å²) in [5.74, 6) is 1.82. The van der Waals surface area contributed by atoms with Gasteiger partial charge in [0.25, 0.3) is 0 Å². The third kappa shape index (κ3) is 3.34. The molecule has 3 nitrogen and oxygen atoms in total. The molecule has 0 aliphatic rings. The highest BCUT2D eigenvalue weighted by molar-refractivity contribution is 6.18. The SMILES string of the molecule is CCN(CCCl)c1nc(C)cc(C(C)C)n1. The zero-order valence-corrected chi connectivity index (χ0v) is 11.3. The minimum atomic E-state index is 0.426. The topological polar surface area (TPSA) is 29.0 Å². The fourth-order valence-electron chi connectivity index (χ4n) is 1.52. The fourth-order valence-corrected chi connectivity index (χ4v) is 1.72. The van der Waals surface area contributed by atoms with Gasteiger partial charge in [-0.25, -0.2) is 9.97 Å². The van der Waals surface area contributed by atoms with Gasteiger partial charge in [0.1, 0.15) is 0 Å². The molecule has 0 atom stereocenters. The molecule has 0 spiro atoms. The van der Waals surface area contributed by atoms with E-state index in [1.807, 2.05) is 13.0 Å². The summed E-state index contributed by atoms with van der Waals surface area (Å²) in [5, 5.41) is 0. The highest BCUT2D eigenvalue weighted by Gasteiger charge is 2.10. The van der Waals surface area contributed by atoms with Crippen LogP contribution in [-0.4, -0.2) is 28.9 Å². The van der Waals surface area contributed by atoms with E-state index in [1.165, 1.54) is 0 Å². The molecule has 0 bridgehead atoms. The number of alkyl halides is 1. The third-order valence-electron chi connectivity index (χ3n) is 2.47. The zero-order valence-electron chi connectivity index (χ0n) is 10.5. The predicted octanol–water partition coefficient (Wildman–Crippen LogP) is 2.97. The average molecular weight is 242 g/mol. The van der Waals surface area contributed by atoms with Crippen molar-refractivity contribution in [3.63, 3.8) is 0 Å². The standard InChI is InChI=1S/C12H20ClN3/c1-5-16(7-6-13)12-14-10(4)8-11(15-12)9(2)3/h8-9H,5-7H2,1-4H3. The van der Waals surface area contributed by atoms with Crippen LogP contribution in [0.15, 0.2) is 6.07 Å². The average Bonchev–Trinajstić information content (AvgIpc) is 2.24. The minimum Gasteiger partial charge on any atom is -0.340 e. The van der Waals surface area contributed by atoms with Crippen molar-refractivity contribution in [2.45, 2.75) is 33.6 Å². The Kier molecular flexibility index (Phi) is 5.00. The van der Waals surface area contributed by atoms with Crippen molar-refractivity contribution in [2.24, 2.45) is 0 Å². The van der Waals surface area contributed by atoms with Gasteiger partial charge < -0.3 is 4.90 Å². The number of aryl methyl sites for hydroxylation is 1. The Labute approximate surface area is 103 Å². The molecular weight excluding hydrogens is 222 g/mol. The zero-order chi connectivity index (χ0) is 12.1. The molecular formula is C12H20ClN3. The normalized spacial score (nSPS) is 10.9. The first-order chi connectivity index (χ1) is 7.58. The lowest BCUT2D eigenvalue weighted by atomic mass is 10.1. The molecule has 90 valence electrons. The Morgan fingerprint density at radius 2 is 2.06 bits per heavy atom. The van der Waals surface area contributed by atoms with Crippen LogP contribution in [0, 0.1) is 6.92 Å². The molecule has 0 amide bonds. The second-order valence-corrected chi connectivity index (χ2v) is 4.54. The van der Waals surface area contributed by atoms with E-state index in [1.54, 1.807) is 0 Å².